The van der Waals surface area contributed by atoms with Gasteiger partial charge in [0.2, 0.25) is 0 Å². The molecule has 0 fully saturated rings. The van der Waals surface area contributed by atoms with Crippen LogP contribution in [0.25, 0.3) is 0 Å². The number of anilines is 2. The fraction of sp³-hybridized carbons (Fsp3) is 0.389. The van der Waals surface area contributed by atoms with E-state index in [4.69, 9.17) is 4.74 Å². The molecule has 2 N–H and O–H groups in total. The van der Waals surface area contributed by atoms with E-state index < -0.39 is 10.0 Å². The highest BCUT2D eigenvalue weighted by molar-refractivity contribution is 7.92. The highest BCUT2D eigenvalue weighted by Gasteiger charge is 2.18. The Morgan fingerprint density at radius 3 is 2.64 bits per heavy atom. The summed E-state index contributed by atoms with van der Waals surface area (Å²) in [5.41, 5.74) is 2.85. The number of nitrogens with zero attached hydrogens (tertiary/aromatic N) is 1. The van der Waals surface area contributed by atoms with Gasteiger partial charge in [-0.3, -0.25) is 4.72 Å². The molecule has 0 spiro atoms. The number of ether oxygens (including phenoxy) is 1. The first kappa shape index (κ1) is 17.7. The van der Waals surface area contributed by atoms with Crippen LogP contribution >= 0.6 is 0 Å². The first-order valence-electron chi connectivity index (χ1n) is 8.42. The lowest BCUT2D eigenvalue weighted by atomic mass is 9.92. The number of hydrogen-bond acceptors (Lipinski definition) is 5. The summed E-state index contributed by atoms with van der Waals surface area (Å²) < 4.78 is 32.8. The number of rotatable bonds is 7. The van der Waals surface area contributed by atoms with Crippen LogP contribution < -0.4 is 10.0 Å². The molecule has 7 heteroatoms. The van der Waals surface area contributed by atoms with Gasteiger partial charge in [0.25, 0.3) is 10.0 Å². The average molecular weight is 361 g/mol. The summed E-state index contributed by atoms with van der Waals surface area (Å²) in [7, 11) is -1.98. The summed E-state index contributed by atoms with van der Waals surface area (Å²) >= 11 is 0. The van der Waals surface area contributed by atoms with E-state index in [0.717, 1.165) is 24.8 Å². The van der Waals surface area contributed by atoms with Crippen LogP contribution in [-0.2, 0) is 27.6 Å². The Bertz CT molecular complexity index is 820. The zero-order chi connectivity index (χ0) is 17.7. The Morgan fingerprint density at radius 2 is 1.92 bits per heavy atom. The van der Waals surface area contributed by atoms with Gasteiger partial charge in [0.15, 0.2) is 0 Å². The predicted octanol–water partition coefficient (Wildman–Crippen LogP) is 2.82. The lowest BCUT2D eigenvalue weighted by Gasteiger charge is -2.17. The lowest BCUT2D eigenvalue weighted by Crippen LogP contribution is -2.15. The van der Waals surface area contributed by atoms with Crippen molar-refractivity contribution in [3.8, 4) is 0 Å². The molecule has 0 saturated carbocycles. The van der Waals surface area contributed by atoms with Gasteiger partial charge in [0.1, 0.15) is 5.82 Å². The maximum absolute atomic E-state index is 12.6. The first-order chi connectivity index (χ1) is 12.1. The topological polar surface area (TPSA) is 80.3 Å². The minimum Gasteiger partial charge on any atom is -0.383 e. The van der Waals surface area contributed by atoms with Crippen molar-refractivity contribution in [2.75, 3.05) is 30.3 Å². The molecule has 3 rings (SSSR count). The lowest BCUT2D eigenvalue weighted by molar-refractivity contribution is 0.210. The van der Waals surface area contributed by atoms with Crippen LogP contribution in [0, 0.1) is 0 Å². The zero-order valence-corrected chi connectivity index (χ0v) is 15.1. The van der Waals surface area contributed by atoms with Crippen molar-refractivity contribution in [2.24, 2.45) is 0 Å². The van der Waals surface area contributed by atoms with E-state index in [0.29, 0.717) is 29.6 Å². The molecule has 0 atom stereocenters. The highest BCUT2D eigenvalue weighted by atomic mass is 32.2. The summed E-state index contributed by atoms with van der Waals surface area (Å²) in [5, 5.41) is 3.09. The van der Waals surface area contributed by atoms with E-state index in [-0.39, 0.29) is 0 Å². The van der Waals surface area contributed by atoms with Crippen LogP contribution in [0.4, 0.5) is 11.5 Å². The quantitative estimate of drug-likeness (QED) is 0.741. The standard InChI is InChI=1S/C18H23N3O3S/c1-24-11-10-19-18-9-7-16(13-20-18)21-25(22,23)17-8-6-14-4-2-3-5-15(14)12-17/h6-9,12-13,21H,2-5,10-11H2,1H3,(H,19,20). The van der Waals surface area contributed by atoms with E-state index in [2.05, 4.69) is 15.0 Å². The molecule has 1 aromatic carbocycles. The molecular weight excluding hydrogens is 338 g/mol. The van der Waals surface area contributed by atoms with Crippen LogP contribution in [0.3, 0.4) is 0 Å². The molecule has 134 valence electrons. The first-order valence-corrected chi connectivity index (χ1v) is 9.90. The van der Waals surface area contributed by atoms with Gasteiger partial charge in [0, 0.05) is 13.7 Å². The molecule has 0 bridgehead atoms. The van der Waals surface area contributed by atoms with Crippen LogP contribution in [0.5, 0.6) is 0 Å². The molecule has 0 radical (unpaired) electrons. The summed E-state index contributed by atoms with van der Waals surface area (Å²) in [6.45, 7) is 1.22. The number of sulfonamides is 1. The second-order valence-corrected chi connectivity index (χ2v) is 7.78. The largest absolute Gasteiger partial charge is 0.383 e. The smallest absolute Gasteiger partial charge is 0.261 e. The number of pyridine rings is 1. The Kier molecular flexibility index (Phi) is 5.55. The molecule has 0 amide bonds. The molecule has 0 unspecified atom stereocenters. The third-order valence-electron chi connectivity index (χ3n) is 4.26. The molecule has 1 aliphatic carbocycles. The molecule has 0 saturated heterocycles. The van der Waals surface area contributed by atoms with Crippen molar-refractivity contribution in [1.82, 2.24) is 4.98 Å². The monoisotopic (exact) mass is 361 g/mol. The van der Waals surface area contributed by atoms with Gasteiger partial charge in [-0.25, -0.2) is 13.4 Å². The number of aryl methyl sites for hydroxylation is 2. The maximum Gasteiger partial charge on any atom is 0.261 e. The Balaban J connectivity index is 1.71. The SMILES string of the molecule is COCCNc1ccc(NS(=O)(=O)c2ccc3c(c2)CCCC3)cn1. The number of nitrogens with one attached hydrogen (secondary N) is 2. The van der Waals surface area contributed by atoms with Crippen LogP contribution in [-0.4, -0.2) is 33.7 Å². The number of benzene rings is 1. The fourth-order valence-corrected chi connectivity index (χ4v) is 4.02. The Morgan fingerprint density at radius 1 is 1.12 bits per heavy atom. The molecular formula is C18H23N3O3S. The molecule has 25 heavy (non-hydrogen) atoms. The van der Waals surface area contributed by atoms with E-state index in [1.54, 1.807) is 31.4 Å². The third-order valence-corrected chi connectivity index (χ3v) is 5.64. The highest BCUT2D eigenvalue weighted by Crippen LogP contribution is 2.25. The van der Waals surface area contributed by atoms with Crippen LogP contribution in [0.2, 0.25) is 0 Å². The van der Waals surface area contributed by atoms with Crippen LogP contribution in [0.1, 0.15) is 24.0 Å². The van der Waals surface area contributed by atoms with Crippen molar-refractivity contribution >= 4 is 21.5 Å². The van der Waals surface area contributed by atoms with Gasteiger partial charge < -0.3 is 10.1 Å². The van der Waals surface area contributed by atoms with Crippen LogP contribution in [0.15, 0.2) is 41.4 Å². The van der Waals surface area contributed by atoms with E-state index in [1.807, 2.05) is 6.07 Å². The summed E-state index contributed by atoms with van der Waals surface area (Å²) in [4.78, 5) is 4.51. The maximum atomic E-state index is 12.6. The van der Waals surface area contributed by atoms with Gasteiger partial charge in [-0.15, -0.1) is 0 Å². The van der Waals surface area contributed by atoms with Crippen molar-refractivity contribution in [3.05, 3.63) is 47.7 Å². The second-order valence-electron chi connectivity index (χ2n) is 6.09. The molecule has 0 aliphatic heterocycles. The summed E-state index contributed by atoms with van der Waals surface area (Å²) in [6, 6.07) is 8.84. The van der Waals surface area contributed by atoms with Crippen molar-refractivity contribution in [2.45, 2.75) is 30.6 Å². The minimum atomic E-state index is -3.61. The fourth-order valence-electron chi connectivity index (χ4n) is 2.93. The summed E-state index contributed by atoms with van der Waals surface area (Å²) in [5.74, 6) is 0.675. The Hall–Kier alpha value is -2.12. The van der Waals surface area contributed by atoms with Crippen molar-refractivity contribution in [1.29, 1.82) is 0 Å². The normalized spacial score (nSPS) is 14.0. The molecule has 6 nitrogen and oxygen atoms in total. The van der Waals surface area contributed by atoms with Gasteiger partial charge in [0.05, 0.1) is 23.4 Å². The minimum absolute atomic E-state index is 0.301. The van der Waals surface area contributed by atoms with Crippen molar-refractivity contribution < 1.29 is 13.2 Å². The van der Waals surface area contributed by atoms with Gasteiger partial charge in [-0.1, -0.05) is 6.07 Å². The molecule has 2 aromatic rings. The van der Waals surface area contributed by atoms with Gasteiger partial charge in [-0.2, -0.15) is 0 Å². The predicted molar refractivity (Wildman–Crippen MR) is 98.5 cm³/mol. The zero-order valence-electron chi connectivity index (χ0n) is 14.3. The van der Waals surface area contributed by atoms with Gasteiger partial charge in [-0.05, 0) is 61.1 Å². The third kappa shape index (κ3) is 4.49. The number of fused-ring (bicyclic) bond motifs is 1. The summed E-state index contributed by atoms with van der Waals surface area (Å²) in [6.07, 6.45) is 5.77. The average Bonchev–Trinajstić information content (AvgIpc) is 2.63. The number of methoxy groups -OCH3 is 1. The van der Waals surface area contributed by atoms with E-state index in [1.165, 1.54) is 18.2 Å². The van der Waals surface area contributed by atoms with Crippen molar-refractivity contribution in [3.63, 3.8) is 0 Å². The number of hydrogen-bond donors (Lipinski definition) is 2. The molecule has 1 aromatic heterocycles. The molecule has 1 heterocycles. The Labute approximate surface area is 148 Å². The second kappa shape index (κ2) is 7.84. The molecule has 1 aliphatic rings. The van der Waals surface area contributed by atoms with E-state index in [9.17, 15) is 8.42 Å². The van der Waals surface area contributed by atoms with E-state index >= 15 is 0 Å². The number of aromatic nitrogens is 1. The van der Waals surface area contributed by atoms with Gasteiger partial charge >= 0.3 is 0 Å².